The molecule has 2 aromatic rings. The highest BCUT2D eigenvalue weighted by Crippen LogP contribution is 2.41. The van der Waals surface area contributed by atoms with E-state index in [2.05, 4.69) is 16.0 Å². The Morgan fingerprint density at radius 2 is 2.20 bits per heavy atom. The van der Waals surface area contributed by atoms with Crippen molar-refractivity contribution in [2.45, 2.75) is 38.5 Å². The molecule has 2 aromatic heterocycles. The van der Waals surface area contributed by atoms with Crippen molar-refractivity contribution in [2.75, 3.05) is 26.3 Å². The molecule has 0 N–H and O–H groups in total. The summed E-state index contributed by atoms with van der Waals surface area (Å²) >= 11 is 0. The van der Waals surface area contributed by atoms with E-state index in [1.54, 1.807) is 6.26 Å². The van der Waals surface area contributed by atoms with Gasteiger partial charge in [-0.05, 0) is 49.1 Å². The Bertz CT molecular complexity index is 646. The van der Waals surface area contributed by atoms with Crippen molar-refractivity contribution >= 4 is 0 Å². The normalized spacial score (nSPS) is 27.1. The third-order valence-corrected chi connectivity index (χ3v) is 5.43. The minimum atomic E-state index is 0.0934. The fraction of sp³-hybridized carbons (Fsp3) is 0.550. The molecule has 2 atom stereocenters. The lowest BCUT2D eigenvalue weighted by molar-refractivity contribution is -0.156. The second-order valence-corrected chi connectivity index (χ2v) is 7.25. The van der Waals surface area contributed by atoms with Gasteiger partial charge in [-0.15, -0.1) is 0 Å². The summed E-state index contributed by atoms with van der Waals surface area (Å²) in [5, 5.41) is 0. The van der Waals surface area contributed by atoms with Crippen LogP contribution in [0.15, 0.2) is 47.3 Å². The first-order valence-corrected chi connectivity index (χ1v) is 9.17. The van der Waals surface area contributed by atoms with Crippen LogP contribution in [-0.4, -0.2) is 42.3 Å². The van der Waals surface area contributed by atoms with Crippen molar-refractivity contribution in [3.63, 3.8) is 0 Å². The molecule has 0 aromatic carbocycles. The third-order valence-electron chi connectivity index (χ3n) is 5.43. The molecule has 4 heterocycles. The molecule has 4 rings (SSSR count). The maximum atomic E-state index is 6.15. The summed E-state index contributed by atoms with van der Waals surface area (Å²) < 4.78 is 17.8. The molecule has 2 fully saturated rings. The maximum absolute atomic E-state index is 6.15. The van der Waals surface area contributed by atoms with Crippen LogP contribution < -0.4 is 0 Å². The van der Waals surface area contributed by atoms with Crippen LogP contribution in [0, 0.1) is 5.41 Å². The summed E-state index contributed by atoms with van der Waals surface area (Å²) in [4.78, 5) is 6.55. The van der Waals surface area contributed by atoms with Crippen molar-refractivity contribution in [2.24, 2.45) is 5.41 Å². The van der Waals surface area contributed by atoms with Crippen molar-refractivity contribution in [1.29, 1.82) is 0 Å². The Kier molecular flexibility index (Phi) is 5.15. The molecule has 5 nitrogen and oxygen atoms in total. The lowest BCUT2D eigenvalue weighted by Crippen LogP contribution is -2.56. The van der Waals surface area contributed by atoms with E-state index in [4.69, 9.17) is 13.9 Å². The van der Waals surface area contributed by atoms with Crippen LogP contribution in [0.2, 0.25) is 0 Å². The molecule has 25 heavy (non-hydrogen) atoms. The van der Waals surface area contributed by atoms with Gasteiger partial charge in [0.15, 0.2) is 0 Å². The Morgan fingerprint density at radius 3 is 3.04 bits per heavy atom. The molecule has 0 radical (unpaired) electrons. The molecule has 2 saturated heterocycles. The maximum Gasteiger partial charge on any atom is 0.117 e. The fourth-order valence-electron chi connectivity index (χ4n) is 4.20. The van der Waals surface area contributed by atoms with E-state index < -0.39 is 0 Å². The van der Waals surface area contributed by atoms with Gasteiger partial charge in [0.25, 0.3) is 0 Å². The lowest BCUT2D eigenvalue weighted by atomic mass is 9.73. The number of nitrogens with zero attached hydrogens (tertiary/aromatic N) is 2. The molecular formula is C20H26N2O3. The molecule has 0 amide bonds. The summed E-state index contributed by atoms with van der Waals surface area (Å²) in [5.74, 6) is 1.03. The number of piperidine rings is 1. The van der Waals surface area contributed by atoms with Gasteiger partial charge in [0.1, 0.15) is 5.76 Å². The highest BCUT2D eigenvalue weighted by atomic mass is 16.5. The summed E-state index contributed by atoms with van der Waals surface area (Å²) in [6.07, 6.45) is 9.04. The molecular weight excluding hydrogens is 316 g/mol. The number of furan rings is 1. The lowest BCUT2D eigenvalue weighted by Gasteiger charge is -2.50. The summed E-state index contributed by atoms with van der Waals surface area (Å²) in [5.41, 5.74) is 1.26. The second-order valence-electron chi connectivity index (χ2n) is 7.25. The van der Waals surface area contributed by atoms with Crippen molar-refractivity contribution in [3.05, 3.63) is 54.2 Å². The van der Waals surface area contributed by atoms with E-state index in [-0.39, 0.29) is 5.41 Å². The first-order valence-electron chi connectivity index (χ1n) is 9.17. The number of ether oxygens (including phenoxy) is 2. The monoisotopic (exact) mass is 342 g/mol. The van der Waals surface area contributed by atoms with Crippen molar-refractivity contribution < 1.29 is 13.9 Å². The quantitative estimate of drug-likeness (QED) is 0.806. The number of fused-ring (bicyclic) bond motifs is 1. The molecule has 0 unspecified atom stereocenters. The highest BCUT2D eigenvalue weighted by molar-refractivity contribution is 5.08. The van der Waals surface area contributed by atoms with Crippen LogP contribution in [0.25, 0.3) is 0 Å². The summed E-state index contributed by atoms with van der Waals surface area (Å²) in [6, 6.07) is 8.03. The number of likely N-dealkylation sites (tertiary alicyclic amines) is 1. The zero-order valence-corrected chi connectivity index (χ0v) is 14.6. The minimum absolute atomic E-state index is 0.0934. The van der Waals surface area contributed by atoms with Crippen LogP contribution in [0.5, 0.6) is 0 Å². The third kappa shape index (κ3) is 3.94. The zero-order chi connectivity index (χ0) is 17.0. The molecule has 134 valence electrons. The standard InChI is InChI=1S/C20H26N2O3/c1-3-18(24-11-1)13-22-10-6-19-20(15-22,7-2-12-25-19)16-23-14-17-4-8-21-9-5-17/h1,3-5,8-9,11,19H,2,6-7,10,12-16H2/t19-,20-/m1/s1. The Morgan fingerprint density at radius 1 is 1.28 bits per heavy atom. The van der Waals surface area contributed by atoms with Gasteiger partial charge in [-0.25, -0.2) is 0 Å². The first kappa shape index (κ1) is 16.8. The Labute approximate surface area is 148 Å². The fourth-order valence-corrected chi connectivity index (χ4v) is 4.20. The number of pyridine rings is 1. The largest absolute Gasteiger partial charge is 0.468 e. The predicted octanol–water partition coefficient (Wildman–Crippen LogP) is 3.26. The van der Waals surface area contributed by atoms with Crippen LogP contribution in [-0.2, 0) is 22.6 Å². The molecule has 0 spiro atoms. The van der Waals surface area contributed by atoms with Gasteiger partial charge >= 0.3 is 0 Å². The summed E-state index contributed by atoms with van der Waals surface area (Å²) in [7, 11) is 0. The van der Waals surface area contributed by atoms with E-state index in [1.807, 2.05) is 30.6 Å². The van der Waals surface area contributed by atoms with Crippen LogP contribution in [0.3, 0.4) is 0 Å². The van der Waals surface area contributed by atoms with E-state index in [9.17, 15) is 0 Å². The Hall–Kier alpha value is -1.69. The number of hydrogen-bond donors (Lipinski definition) is 0. The molecule has 5 heteroatoms. The van der Waals surface area contributed by atoms with Gasteiger partial charge in [0.05, 0.1) is 32.1 Å². The van der Waals surface area contributed by atoms with Crippen LogP contribution in [0.1, 0.15) is 30.6 Å². The molecule has 2 aliphatic heterocycles. The van der Waals surface area contributed by atoms with Crippen LogP contribution >= 0.6 is 0 Å². The van der Waals surface area contributed by atoms with E-state index in [0.29, 0.717) is 12.7 Å². The molecule has 0 saturated carbocycles. The summed E-state index contributed by atoms with van der Waals surface area (Å²) in [6.45, 7) is 5.19. The molecule has 0 aliphatic carbocycles. The van der Waals surface area contributed by atoms with Gasteiger partial charge < -0.3 is 13.9 Å². The smallest absolute Gasteiger partial charge is 0.117 e. The van der Waals surface area contributed by atoms with Gasteiger partial charge in [0, 0.05) is 37.5 Å². The average Bonchev–Trinajstić information content (AvgIpc) is 3.15. The van der Waals surface area contributed by atoms with E-state index >= 15 is 0 Å². The average molecular weight is 342 g/mol. The van der Waals surface area contributed by atoms with Crippen LogP contribution in [0.4, 0.5) is 0 Å². The SMILES string of the molecule is c1coc(CN2CC[C@H]3OCCC[C@]3(COCc3ccncc3)C2)c1. The number of rotatable bonds is 6. The van der Waals surface area contributed by atoms with Crippen molar-refractivity contribution in [1.82, 2.24) is 9.88 Å². The highest BCUT2D eigenvalue weighted by Gasteiger charge is 2.46. The predicted molar refractivity (Wildman–Crippen MR) is 93.9 cm³/mol. The number of hydrogen-bond acceptors (Lipinski definition) is 5. The van der Waals surface area contributed by atoms with Gasteiger partial charge in [-0.1, -0.05) is 0 Å². The Balaban J connectivity index is 1.40. The van der Waals surface area contributed by atoms with Gasteiger partial charge in [-0.3, -0.25) is 9.88 Å². The van der Waals surface area contributed by atoms with Crippen molar-refractivity contribution in [3.8, 4) is 0 Å². The topological polar surface area (TPSA) is 47.7 Å². The zero-order valence-electron chi connectivity index (χ0n) is 14.6. The van der Waals surface area contributed by atoms with Gasteiger partial charge in [0.2, 0.25) is 0 Å². The molecule has 2 aliphatic rings. The minimum Gasteiger partial charge on any atom is -0.468 e. The van der Waals surface area contributed by atoms with E-state index in [1.165, 1.54) is 12.0 Å². The number of aromatic nitrogens is 1. The van der Waals surface area contributed by atoms with Gasteiger partial charge in [-0.2, -0.15) is 0 Å². The second kappa shape index (κ2) is 7.68. The first-order chi connectivity index (χ1) is 12.3. The molecule has 0 bridgehead atoms. The van der Waals surface area contributed by atoms with E-state index in [0.717, 1.165) is 51.4 Å².